The normalized spacial score (nSPS) is 11.8. The number of hydrogen-bond donors (Lipinski definition) is 1. The summed E-state index contributed by atoms with van der Waals surface area (Å²) in [6, 6.07) is 5.35. The van der Waals surface area contributed by atoms with Crippen LogP contribution in [0.3, 0.4) is 0 Å². The van der Waals surface area contributed by atoms with Crippen molar-refractivity contribution >= 4 is 17.7 Å². The van der Waals surface area contributed by atoms with E-state index in [1.807, 2.05) is 42.9 Å². The van der Waals surface area contributed by atoms with Crippen LogP contribution in [0.15, 0.2) is 35.7 Å². The molecule has 0 unspecified atom stereocenters. The predicted octanol–water partition coefficient (Wildman–Crippen LogP) is 2.41. The lowest BCUT2D eigenvalue weighted by molar-refractivity contribution is -0.119. The Kier molecular flexibility index (Phi) is 5.92. The van der Waals surface area contributed by atoms with Crippen LogP contribution in [0.2, 0.25) is 0 Å². The van der Waals surface area contributed by atoms with Crippen LogP contribution in [-0.4, -0.2) is 35.4 Å². The Balaban J connectivity index is 1.99. The van der Waals surface area contributed by atoms with Crippen molar-refractivity contribution in [2.75, 3.05) is 20.0 Å². The Labute approximate surface area is 140 Å². The minimum Gasteiger partial charge on any atom is -0.497 e. The zero-order valence-corrected chi connectivity index (χ0v) is 14.5. The Morgan fingerprint density at radius 3 is 2.78 bits per heavy atom. The fraction of sp³-hybridized carbons (Fsp3) is 0.375. The molecular formula is C16H21N3O3S. The molecule has 23 heavy (non-hydrogen) atoms. The first-order valence-corrected chi connectivity index (χ1v) is 8.15. The smallest absolute Gasteiger partial charge is 0.230 e. The van der Waals surface area contributed by atoms with Crippen molar-refractivity contribution in [1.29, 1.82) is 0 Å². The molecule has 0 aliphatic rings. The van der Waals surface area contributed by atoms with E-state index in [0.717, 1.165) is 22.2 Å². The number of nitrogens with one attached hydrogen (secondary N) is 1. The molecule has 6 nitrogen and oxygen atoms in total. The molecule has 0 aliphatic heterocycles. The average molecular weight is 335 g/mol. The van der Waals surface area contributed by atoms with E-state index in [1.54, 1.807) is 20.4 Å². The Morgan fingerprint density at radius 2 is 2.17 bits per heavy atom. The summed E-state index contributed by atoms with van der Waals surface area (Å²) in [6.07, 6.45) is 3.56. The first-order chi connectivity index (χ1) is 11.0. The Morgan fingerprint density at radius 1 is 1.39 bits per heavy atom. The summed E-state index contributed by atoms with van der Waals surface area (Å²) in [7, 11) is 5.12. The molecule has 0 spiro atoms. The number of ether oxygens (including phenoxy) is 2. The van der Waals surface area contributed by atoms with Crippen LogP contribution < -0.4 is 14.8 Å². The molecule has 1 aromatic carbocycles. The van der Waals surface area contributed by atoms with Gasteiger partial charge in [-0.1, -0.05) is 11.8 Å². The van der Waals surface area contributed by atoms with E-state index < -0.39 is 0 Å². The van der Waals surface area contributed by atoms with Gasteiger partial charge in [-0.05, 0) is 25.1 Å². The van der Waals surface area contributed by atoms with Gasteiger partial charge in [0.2, 0.25) is 5.91 Å². The number of benzene rings is 1. The molecule has 0 radical (unpaired) electrons. The van der Waals surface area contributed by atoms with Crippen molar-refractivity contribution in [1.82, 2.24) is 14.9 Å². The van der Waals surface area contributed by atoms with E-state index in [0.29, 0.717) is 5.75 Å². The highest BCUT2D eigenvalue weighted by molar-refractivity contribution is 7.99. The first kappa shape index (κ1) is 17.2. The minimum absolute atomic E-state index is 0.0598. The third kappa shape index (κ3) is 4.41. The van der Waals surface area contributed by atoms with Gasteiger partial charge >= 0.3 is 0 Å². The van der Waals surface area contributed by atoms with Crippen molar-refractivity contribution < 1.29 is 14.3 Å². The lowest BCUT2D eigenvalue weighted by atomic mass is 10.1. The maximum atomic E-state index is 12.1. The second-order valence-electron chi connectivity index (χ2n) is 5.01. The van der Waals surface area contributed by atoms with Gasteiger partial charge in [0, 0.05) is 25.0 Å². The molecule has 0 bridgehead atoms. The summed E-state index contributed by atoms with van der Waals surface area (Å²) in [5, 5.41) is 3.78. The van der Waals surface area contributed by atoms with Gasteiger partial charge in [-0.15, -0.1) is 0 Å². The number of amides is 1. The fourth-order valence-corrected chi connectivity index (χ4v) is 2.90. The first-order valence-electron chi connectivity index (χ1n) is 7.16. The fourth-order valence-electron chi connectivity index (χ4n) is 2.16. The number of hydrogen-bond acceptors (Lipinski definition) is 5. The summed E-state index contributed by atoms with van der Waals surface area (Å²) < 4.78 is 12.5. The Hall–Kier alpha value is -2.15. The second kappa shape index (κ2) is 7.92. The number of rotatable bonds is 7. The number of carbonyl (C=O) groups excluding carboxylic acids is 1. The maximum absolute atomic E-state index is 12.1. The SMILES string of the molecule is COc1ccc(OC)c([C@@H](C)NC(=O)CSc2nccn2C)c1. The summed E-state index contributed by atoms with van der Waals surface area (Å²) in [6.45, 7) is 1.92. The van der Waals surface area contributed by atoms with Crippen LogP contribution in [0.25, 0.3) is 0 Å². The molecule has 1 atom stereocenters. The number of aryl methyl sites for hydroxylation is 1. The van der Waals surface area contributed by atoms with E-state index >= 15 is 0 Å². The van der Waals surface area contributed by atoms with Crippen LogP contribution >= 0.6 is 11.8 Å². The molecule has 1 N–H and O–H groups in total. The zero-order chi connectivity index (χ0) is 16.8. The third-order valence-electron chi connectivity index (χ3n) is 3.39. The molecule has 1 amide bonds. The van der Waals surface area contributed by atoms with E-state index in [2.05, 4.69) is 10.3 Å². The van der Waals surface area contributed by atoms with Crippen LogP contribution in [0.5, 0.6) is 11.5 Å². The molecule has 0 fully saturated rings. The summed E-state index contributed by atoms with van der Waals surface area (Å²) >= 11 is 1.40. The molecule has 2 aromatic rings. The zero-order valence-electron chi connectivity index (χ0n) is 13.7. The summed E-state index contributed by atoms with van der Waals surface area (Å²) in [4.78, 5) is 16.3. The van der Waals surface area contributed by atoms with Gasteiger partial charge in [-0.3, -0.25) is 4.79 Å². The van der Waals surface area contributed by atoms with Crippen molar-refractivity contribution in [3.63, 3.8) is 0 Å². The highest BCUT2D eigenvalue weighted by atomic mass is 32.2. The van der Waals surface area contributed by atoms with Crippen LogP contribution in [0, 0.1) is 0 Å². The lowest BCUT2D eigenvalue weighted by Gasteiger charge is -2.18. The number of methoxy groups -OCH3 is 2. The van der Waals surface area contributed by atoms with Gasteiger partial charge in [0.1, 0.15) is 11.5 Å². The largest absolute Gasteiger partial charge is 0.497 e. The van der Waals surface area contributed by atoms with Gasteiger partial charge < -0.3 is 19.4 Å². The standard InChI is InChI=1S/C16H21N3O3S/c1-11(13-9-12(21-3)5-6-14(13)22-4)18-15(20)10-23-16-17-7-8-19(16)2/h5-9,11H,10H2,1-4H3,(H,18,20)/t11-/m1/s1. The van der Waals surface area contributed by atoms with Gasteiger partial charge in [-0.25, -0.2) is 4.98 Å². The van der Waals surface area contributed by atoms with E-state index in [1.165, 1.54) is 11.8 Å². The molecular weight excluding hydrogens is 314 g/mol. The number of aromatic nitrogens is 2. The molecule has 7 heteroatoms. The van der Waals surface area contributed by atoms with Crippen LogP contribution in [-0.2, 0) is 11.8 Å². The van der Waals surface area contributed by atoms with Gasteiger partial charge in [0.05, 0.1) is 26.0 Å². The predicted molar refractivity (Wildman–Crippen MR) is 90.0 cm³/mol. The minimum atomic E-state index is -0.186. The van der Waals surface area contributed by atoms with Crippen molar-refractivity contribution in [2.45, 2.75) is 18.1 Å². The second-order valence-corrected chi connectivity index (χ2v) is 5.95. The summed E-state index contributed by atoms with van der Waals surface area (Å²) in [5.74, 6) is 1.69. The average Bonchev–Trinajstić information content (AvgIpc) is 2.97. The van der Waals surface area contributed by atoms with Gasteiger partial charge in [0.25, 0.3) is 0 Å². The summed E-state index contributed by atoms with van der Waals surface area (Å²) in [5.41, 5.74) is 0.877. The van der Waals surface area contributed by atoms with Crippen molar-refractivity contribution in [3.8, 4) is 11.5 Å². The van der Waals surface area contributed by atoms with Crippen LogP contribution in [0.4, 0.5) is 0 Å². The number of thioether (sulfide) groups is 1. The van der Waals surface area contributed by atoms with Crippen molar-refractivity contribution in [2.24, 2.45) is 7.05 Å². The molecule has 0 aliphatic carbocycles. The van der Waals surface area contributed by atoms with E-state index in [-0.39, 0.29) is 11.9 Å². The molecule has 0 saturated carbocycles. The van der Waals surface area contributed by atoms with Crippen molar-refractivity contribution in [3.05, 3.63) is 36.2 Å². The van der Waals surface area contributed by atoms with Gasteiger partial charge in [-0.2, -0.15) is 0 Å². The van der Waals surface area contributed by atoms with Gasteiger partial charge in [0.15, 0.2) is 5.16 Å². The molecule has 124 valence electrons. The number of imidazole rings is 1. The maximum Gasteiger partial charge on any atom is 0.230 e. The molecule has 1 heterocycles. The molecule has 2 rings (SSSR count). The topological polar surface area (TPSA) is 65.4 Å². The monoisotopic (exact) mass is 335 g/mol. The quantitative estimate of drug-likeness (QED) is 0.787. The lowest BCUT2D eigenvalue weighted by Crippen LogP contribution is -2.28. The molecule has 0 saturated heterocycles. The van der Waals surface area contributed by atoms with E-state index in [4.69, 9.17) is 9.47 Å². The molecule has 1 aromatic heterocycles. The highest BCUT2D eigenvalue weighted by Gasteiger charge is 2.16. The third-order valence-corrected chi connectivity index (χ3v) is 4.45. The number of carbonyl (C=O) groups is 1. The van der Waals surface area contributed by atoms with E-state index in [9.17, 15) is 4.79 Å². The highest BCUT2D eigenvalue weighted by Crippen LogP contribution is 2.29. The van der Waals surface area contributed by atoms with Crippen LogP contribution in [0.1, 0.15) is 18.5 Å². The number of nitrogens with zero attached hydrogens (tertiary/aromatic N) is 2. The Bertz CT molecular complexity index is 672.